The predicted molar refractivity (Wildman–Crippen MR) is 95.9 cm³/mol. The molecule has 0 radical (unpaired) electrons. The molecular weight excluding hydrogens is 340 g/mol. The second kappa shape index (κ2) is 6.81. The Morgan fingerprint density at radius 1 is 1.08 bits per heavy atom. The van der Waals surface area contributed by atoms with Crippen LogP contribution in [0.2, 0.25) is 0 Å². The van der Waals surface area contributed by atoms with E-state index in [0.29, 0.717) is 24.4 Å². The molecule has 0 spiro atoms. The van der Waals surface area contributed by atoms with Gasteiger partial charge in [0.05, 0.1) is 34.2 Å². The van der Waals surface area contributed by atoms with Crippen LogP contribution in [0, 0.1) is 20.2 Å². The Labute approximate surface area is 147 Å². The van der Waals surface area contributed by atoms with E-state index >= 15 is 0 Å². The van der Waals surface area contributed by atoms with Crippen molar-refractivity contribution in [2.45, 2.75) is 6.42 Å². The lowest BCUT2D eigenvalue weighted by molar-refractivity contribution is -0.394. The van der Waals surface area contributed by atoms with Crippen LogP contribution < -0.4 is 10.5 Å². The van der Waals surface area contributed by atoms with Gasteiger partial charge in [-0.05, 0) is 36.7 Å². The average molecular weight is 356 g/mol. The van der Waals surface area contributed by atoms with Crippen molar-refractivity contribution >= 4 is 22.3 Å². The lowest BCUT2D eigenvalue weighted by Gasteiger charge is -2.06. The number of benzene rings is 2. The first kappa shape index (κ1) is 17.4. The number of nitro groups is 2. The van der Waals surface area contributed by atoms with E-state index in [2.05, 4.69) is 0 Å². The monoisotopic (exact) mass is 356 g/mol. The molecule has 3 rings (SSSR count). The minimum absolute atomic E-state index is 0.337. The summed E-state index contributed by atoms with van der Waals surface area (Å²) in [5, 5.41) is 23.2. The second-order valence-corrected chi connectivity index (χ2v) is 5.67. The highest BCUT2D eigenvalue weighted by Crippen LogP contribution is 2.32. The highest BCUT2D eigenvalue weighted by atomic mass is 16.6. The molecule has 3 aromatic rings. The zero-order valence-corrected chi connectivity index (χ0v) is 13.9. The van der Waals surface area contributed by atoms with Crippen molar-refractivity contribution < 1.29 is 14.6 Å². The van der Waals surface area contributed by atoms with E-state index in [1.807, 2.05) is 6.07 Å². The first-order valence-electron chi connectivity index (χ1n) is 7.77. The molecule has 1 aromatic heterocycles. The number of non-ortho nitro benzene ring substituents is 2. The number of fused-ring (bicyclic) bond motifs is 1. The van der Waals surface area contributed by atoms with Crippen LogP contribution in [0.1, 0.15) is 5.56 Å². The summed E-state index contributed by atoms with van der Waals surface area (Å²) in [5.74, 6) is 0.665. The highest BCUT2D eigenvalue weighted by Gasteiger charge is 2.19. The molecule has 26 heavy (non-hydrogen) atoms. The van der Waals surface area contributed by atoms with Crippen molar-refractivity contribution in [2.24, 2.45) is 5.73 Å². The van der Waals surface area contributed by atoms with Gasteiger partial charge in [-0.2, -0.15) is 0 Å². The normalized spacial score (nSPS) is 10.8. The van der Waals surface area contributed by atoms with Crippen LogP contribution in [-0.2, 0) is 6.42 Å². The maximum absolute atomic E-state index is 11.2. The number of methoxy groups -OCH3 is 1. The average Bonchev–Trinajstić information content (AvgIpc) is 2.99. The first-order valence-corrected chi connectivity index (χ1v) is 7.77. The minimum atomic E-state index is -0.647. The highest BCUT2D eigenvalue weighted by molar-refractivity contribution is 5.87. The predicted octanol–water partition coefficient (Wildman–Crippen LogP) is 2.96. The fourth-order valence-corrected chi connectivity index (χ4v) is 2.90. The molecule has 0 saturated heterocycles. The quantitative estimate of drug-likeness (QED) is 0.534. The topological polar surface area (TPSA) is 126 Å². The minimum Gasteiger partial charge on any atom is -0.497 e. The van der Waals surface area contributed by atoms with E-state index in [1.165, 1.54) is 12.1 Å². The van der Waals surface area contributed by atoms with Crippen LogP contribution in [0.5, 0.6) is 5.75 Å². The van der Waals surface area contributed by atoms with Crippen molar-refractivity contribution in [3.8, 4) is 11.4 Å². The van der Waals surface area contributed by atoms with Crippen molar-refractivity contribution in [1.82, 2.24) is 4.57 Å². The van der Waals surface area contributed by atoms with Gasteiger partial charge in [0, 0.05) is 23.7 Å². The molecular formula is C17H16N4O5. The number of hydrogen-bond donors (Lipinski definition) is 1. The third-order valence-electron chi connectivity index (χ3n) is 4.09. The molecule has 0 aliphatic heterocycles. The molecule has 2 aromatic carbocycles. The maximum Gasteiger partial charge on any atom is 0.278 e. The van der Waals surface area contributed by atoms with Crippen molar-refractivity contribution in [1.29, 1.82) is 0 Å². The van der Waals surface area contributed by atoms with Crippen LogP contribution in [-0.4, -0.2) is 28.1 Å². The van der Waals surface area contributed by atoms with Crippen molar-refractivity contribution in [3.63, 3.8) is 0 Å². The Morgan fingerprint density at radius 3 is 2.27 bits per heavy atom. The van der Waals surface area contributed by atoms with Crippen LogP contribution >= 0.6 is 0 Å². The lowest BCUT2D eigenvalue weighted by Crippen LogP contribution is -2.02. The van der Waals surface area contributed by atoms with Crippen LogP contribution in [0.4, 0.5) is 11.4 Å². The van der Waals surface area contributed by atoms with Gasteiger partial charge in [0.25, 0.3) is 11.4 Å². The smallest absolute Gasteiger partial charge is 0.278 e. The summed E-state index contributed by atoms with van der Waals surface area (Å²) in [4.78, 5) is 21.0. The summed E-state index contributed by atoms with van der Waals surface area (Å²) in [5.41, 5.74) is 7.01. The SMILES string of the molecule is COc1ccc2c(c1)c(CCN)cn2-c1cc([N+](=O)[O-])cc([N+](=O)[O-])c1. The van der Waals surface area contributed by atoms with Crippen molar-refractivity contribution in [2.75, 3.05) is 13.7 Å². The summed E-state index contributed by atoms with van der Waals surface area (Å²) < 4.78 is 6.95. The molecule has 0 atom stereocenters. The third-order valence-corrected chi connectivity index (χ3v) is 4.09. The van der Waals surface area contributed by atoms with E-state index in [4.69, 9.17) is 10.5 Å². The van der Waals surface area contributed by atoms with Gasteiger partial charge in [-0.25, -0.2) is 0 Å². The number of rotatable bonds is 6. The summed E-state index contributed by atoms with van der Waals surface area (Å²) in [7, 11) is 1.56. The standard InChI is InChI=1S/C17H16N4O5/c1-26-15-2-3-17-16(9-15)11(4-5-18)10-19(17)12-6-13(20(22)23)8-14(7-12)21(24)25/h2-3,6-10H,4-5,18H2,1H3. The fourth-order valence-electron chi connectivity index (χ4n) is 2.90. The first-order chi connectivity index (χ1) is 12.4. The molecule has 1 heterocycles. The number of nitrogens with two attached hydrogens (primary N) is 1. The Balaban J connectivity index is 2.28. The van der Waals surface area contributed by atoms with Gasteiger partial charge in [-0.15, -0.1) is 0 Å². The Morgan fingerprint density at radius 2 is 1.73 bits per heavy atom. The van der Waals surface area contributed by atoms with Gasteiger partial charge in [-0.3, -0.25) is 20.2 Å². The molecule has 0 saturated carbocycles. The zero-order valence-electron chi connectivity index (χ0n) is 13.9. The number of aromatic nitrogens is 1. The van der Waals surface area contributed by atoms with Crippen LogP contribution in [0.25, 0.3) is 16.6 Å². The van der Waals surface area contributed by atoms with E-state index in [9.17, 15) is 20.2 Å². The summed E-state index contributed by atoms with van der Waals surface area (Å²) in [6.07, 6.45) is 2.38. The van der Waals surface area contributed by atoms with Gasteiger partial charge < -0.3 is 15.0 Å². The van der Waals surface area contributed by atoms with Crippen LogP contribution in [0.15, 0.2) is 42.6 Å². The second-order valence-electron chi connectivity index (χ2n) is 5.67. The molecule has 134 valence electrons. The summed E-state index contributed by atoms with van der Waals surface area (Å²) >= 11 is 0. The molecule has 0 bridgehead atoms. The summed E-state index contributed by atoms with van der Waals surface area (Å²) in [6, 6.07) is 8.98. The number of nitrogens with zero attached hydrogens (tertiary/aromatic N) is 3. The van der Waals surface area contributed by atoms with Crippen molar-refractivity contribution in [3.05, 3.63) is 68.4 Å². The van der Waals surface area contributed by atoms with Gasteiger partial charge in [0.15, 0.2) is 0 Å². The molecule has 9 heteroatoms. The molecule has 0 amide bonds. The Hall–Kier alpha value is -3.46. The van der Waals surface area contributed by atoms with E-state index in [0.717, 1.165) is 22.5 Å². The van der Waals surface area contributed by atoms with Gasteiger partial charge >= 0.3 is 0 Å². The number of hydrogen-bond acceptors (Lipinski definition) is 6. The van der Waals surface area contributed by atoms with E-state index in [1.54, 1.807) is 30.0 Å². The maximum atomic E-state index is 11.2. The summed E-state index contributed by atoms with van der Waals surface area (Å²) in [6.45, 7) is 0.422. The molecule has 0 fully saturated rings. The van der Waals surface area contributed by atoms with Crippen LogP contribution in [0.3, 0.4) is 0 Å². The van der Waals surface area contributed by atoms with Gasteiger partial charge in [-0.1, -0.05) is 0 Å². The molecule has 2 N–H and O–H groups in total. The molecule has 0 aliphatic rings. The Bertz CT molecular complexity index is 980. The molecule has 0 unspecified atom stereocenters. The fraction of sp³-hybridized carbons (Fsp3) is 0.176. The third kappa shape index (κ3) is 3.07. The van der Waals surface area contributed by atoms with E-state index < -0.39 is 9.85 Å². The van der Waals surface area contributed by atoms with E-state index in [-0.39, 0.29) is 11.4 Å². The lowest BCUT2D eigenvalue weighted by atomic mass is 10.1. The number of nitro benzene ring substituents is 2. The molecule has 9 nitrogen and oxygen atoms in total. The Kier molecular flexibility index (Phi) is 4.55. The van der Waals surface area contributed by atoms with Gasteiger partial charge in [0.1, 0.15) is 5.75 Å². The largest absolute Gasteiger partial charge is 0.497 e. The zero-order chi connectivity index (χ0) is 18.8. The molecule has 0 aliphatic carbocycles. The number of ether oxygens (including phenoxy) is 1. The van der Waals surface area contributed by atoms with Gasteiger partial charge in [0.2, 0.25) is 0 Å².